The molecule has 1 aromatic carbocycles. The van der Waals surface area contributed by atoms with E-state index in [-0.39, 0.29) is 0 Å². The molecule has 0 fully saturated rings. The van der Waals surface area contributed by atoms with Gasteiger partial charge < -0.3 is 9.73 Å². The number of hydrogen-bond donors (Lipinski definition) is 1. The number of benzene rings is 1. The highest BCUT2D eigenvalue weighted by Gasteiger charge is 2.07. The topological polar surface area (TPSA) is 38.1 Å². The van der Waals surface area contributed by atoms with Gasteiger partial charge in [-0.2, -0.15) is 0 Å². The van der Waals surface area contributed by atoms with Crippen molar-refractivity contribution in [3.8, 4) is 11.3 Å². The van der Waals surface area contributed by atoms with E-state index in [0.29, 0.717) is 21.7 Å². The molecule has 0 spiro atoms. The summed E-state index contributed by atoms with van der Waals surface area (Å²) >= 11 is 11.9. The fourth-order valence-electron chi connectivity index (χ4n) is 1.49. The Kier molecular flexibility index (Phi) is 4.05. The molecule has 17 heavy (non-hydrogen) atoms. The maximum absolute atomic E-state index is 5.93. The monoisotopic (exact) mass is 270 g/mol. The Morgan fingerprint density at radius 1 is 1.24 bits per heavy atom. The van der Waals surface area contributed by atoms with Gasteiger partial charge in [-0.15, -0.1) is 0 Å². The molecular formula is C12H12Cl2N2O. The fourth-order valence-corrected chi connectivity index (χ4v) is 2.01. The Labute approximate surface area is 110 Å². The largest absolute Gasteiger partial charge is 0.441 e. The molecule has 1 N–H and O–H groups in total. The summed E-state index contributed by atoms with van der Waals surface area (Å²) < 4.78 is 5.61. The summed E-state index contributed by atoms with van der Waals surface area (Å²) in [6, 6.07) is 5.29. The van der Waals surface area contributed by atoms with Crippen molar-refractivity contribution in [3.63, 3.8) is 0 Å². The SMILES string of the molecule is CNCCc1ncc(-c2cc(Cl)cc(Cl)c2)o1. The molecule has 0 radical (unpaired) electrons. The Balaban J connectivity index is 2.24. The van der Waals surface area contributed by atoms with E-state index < -0.39 is 0 Å². The molecule has 0 aliphatic carbocycles. The second-order valence-corrected chi connectivity index (χ2v) is 4.50. The summed E-state index contributed by atoms with van der Waals surface area (Å²) in [6.45, 7) is 0.830. The molecule has 0 aliphatic heterocycles. The molecule has 90 valence electrons. The van der Waals surface area contributed by atoms with Gasteiger partial charge in [-0.1, -0.05) is 23.2 Å². The van der Waals surface area contributed by atoms with Crippen LogP contribution in [-0.4, -0.2) is 18.6 Å². The van der Waals surface area contributed by atoms with E-state index in [1.165, 1.54) is 0 Å². The number of hydrogen-bond acceptors (Lipinski definition) is 3. The highest BCUT2D eigenvalue weighted by Crippen LogP contribution is 2.27. The lowest BCUT2D eigenvalue weighted by Crippen LogP contribution is -2.10. The highest BCUT2D eigenvalue weighted by molar-refractivity contribution is 6.35. The summed E-state index contributed by atoms with van der Waals surface area (Å²) in [5.41, 5.74) is 0.839. The summed E-state index contributed by atoms with van der Waals surface area (Å²) in [7, 11) is 1.89. The van der Waals surface area contributed by atoms with Crippen LogP contribution in [0.1, 0.15) is 5.89 Å². The lowest BCUT2D eigenvalue weighted by Gasteiger charge is -1.99. The van der Waals surface area contributed by atoms with E-state index in [1.807, 2.05) is 7.05 Å². The number of oxazole rings is 1. The zero-order chi connectivity index (χ0) is 12.3. The van der Waals surface area contributed by atoms with Crippen molar-refractivity contribution in [1.82, 2.24) is 10.3 Å². The van der Waals surface area contributed by atoms with Crippen LogP contribution in [0.15, 0.2) is 28.8 Å². The van der Waals surface area contributed by atoms with Crippen LogP contribution in [0.3, 0.4) is 0 Å². The molecule has 0 saturated carbocycles. The molecule has 0 bridgehead atoms. The first-order valence-electron chi connectivity index (χ1n) is 5.25. The van der Waals surface area contributed by atoms with Gasteiger partial charge in [0.05, 0.1) is 6.20 Å². The third-order valence-corrected chi connectivity index (χ3v) is 2.73. The van der Waals surface area contributed by atoms with E-state index >= 15 is 0 Å². The molecule has 0 amide bonds. The third-order valence-electron chi connectivity index (χ3n) is 2.29. The zero-order valence-corrected chi connectivity index (χ0v) is 10.8. The molecule has 3 nitrogen and oxygen atoms in total. The standard InChI is InChI=1S/C12H12Cl2N2O/c1-15-3-2-12-16-7-11(17-12)8-4-9(13)6-10(14)5-8/h4-7,15H,2-3H2,1H3. The lowest BCUT2D eigenvalue weighted by atomic mass is 10.2. The van der Waals surface area contributed by atoms with Crippen LogP contribution in [-0.2, 0) is 6.42 Å². The first-order chi connectivity index (χ1) is 8.19. The molecule has 0 unspecified atom stereocenters. The van der Waals surface area contributed by atoms with Gasteiger partial charge in [-0.3, -0.25) is 0 Å². The Bertz CT molecular complexity index is 491. The third kappa shape index (κ3) is 3.22. The first kappa shape index (κ1) is 12.4. The van der Waals surface area contributed by atoms with E-state index in [2.05, 4.69) is 10.3 Å². The maximum Gasteiger partial charge on any atom is 0.196 e. The quantitative estimate of drug-likeness (QED) is 0.926. The molecule has 0 atom stereocenters. The first-order valence-corrected chi connectivity index (χ1v) is 6.00. The smallest absolute Gasteiger partial charge is 0.196 e. The minimum atomic E-state index is 0.584. The van der Waals surface area contributed by atoms with Crippen molar-refractivity contribution >= 4 is 23.2 Å². The molecular weight excluding hydrogens is 259 g/mol. The van der Waals surface area contributed by atoms with Crippen LogP contribution in [0.25, 0.3) is 11.3 Å². The summed E-state index contributed by atoms with van der Waals surface area (Å²) in [6.07, 6.45) is 2.44. The van der Waals surface area contributed by atoms with E-state index in [1.54, 1.807) is 24.4 Å². The molecule has 5 heteroatoms. The van der Waals surface area contributed by atoms with Gasteiger partial charge in [0.2, 0.25) is 0 Å². The van der Waals surface area contributed by atoms with Crippen molar-refractivity contribution in [2.45, 2.75) is 6.42 Å². The van der Waals surface area contributed by atoms with Gasteiger partial charge in [0.25, 0.3) is 0 Å². The van der Waals surface area contributed by atoms with Crippen molar-refractivity contribution in [2.75, 3.05) is 13.6 Å². The van der Waals surface area contributed by atoms with Gasteiger partial charge in [-0.25, -0.2) is 4.98 Å². The molecule has 2 rings (SSSR count). The van der Waals surface area contributed by atoms with Crippen LogP contribution in [0.2, 0.25) is 10.0 Å². The Morgan fingerprint density at radius 3 is 2.59 bits per heavy atom. The number of nitrogens with one attached hydrogen (secondary N) is 1. The molecule has 1 aromatic heterocycles. The summed E-state index contributed by atoms with van der Waals surface area (Å²) in [4.78, 5) is 4.20. The molecule has 2 aromatic rings. The number of halogens is 2. The van der Waals surface area contributed by atoms with Crippen LogP contribution in [0.4, 0.5) is 0 Å². The van der Waals surface area contributed by atoms with Crippen LogP contribution >= 0.6 is 23.2 Å². The molecule has 1 heterocycles. The minimum absolute atomic E-state index is 0.584. The van der Waals surface area contributed by atoms with Crippen molar-refractivity contribution < 1.29 is 4.42 Å². The van der Waals surface area contributed by atoms with Crippen molar-refractivity contribution in [1.29, 1.82) is 0 Å². The summed E-state index contributed by atoms with van der Waals surface area (Å²) in [5, 5.41) is 4.21. The van der Waals surface area contributed by atoms with Gasteiger partial charge in [0.1, 0.15) is 0 Å². The fraction of sp³-hybridized carbons (Fsp3) is 0.250. The molecule has 0 aliphatic rings. The van der Waals surface area contributed by atoms with Gasteiger partial charge in [0.15, 0.2) is 11.7 Å². The number of aromatic nitrogens is 1. The Hall–Kier alpha value is -1.03. The summed E-state index contributed by atoms with van der Waals surface area (Å²) in [5.74, 6) is 1.38. The predicted octanol–water partition coefficient (Wildman–Crippen LogP) is 3.41. The second kappa shape index (κ2) is 5.54. The normalized spacial score (nSPS) is 10.8. The van der Waals surface area contributed by atoms with Gasteiger partial charge in [0, 0.05) is 28.6 Å². The van der Waals surface area contributed by atoms with Crippen LogP contribution in [0.5, 0.6) is 0 Å². The average molecular weight is 271 g/mol. The van der Waals surface area contributed by atoms with E-state index in [0.717, 1.165) is 18.5 Å². The van der Waals surface area contributed by atoms with Gasteiger partial charge in [-0.05, 0) is 25.2 Å². The Morgan fingerprint density at radius 2 is 1.94 bits per heavy atom. The maximum atomic E-state index is 5.93. The van der Waals surface area contributed by atoms with Crippen LogP contribution < -0.4 is 5.32 Å². The average Bonchev–Trinajstić information content (AvgIpc) is 2.73. The zero-order valence-electron chi connectivity index (χ0n) is 9.34. The number of rotatable bonds is 4. The number of likely N-dealkylation sites (N-methyl/N-ethyl adjacent to an activating group) is 1. The van der Waals surface area contributed by atoms with E-state index in [9.17, 15) is 0 Å². The predicted molar refractivity (Wildman–Crippen MR) is 69.6 cm³/mol. The minimum Gasteiger partial charge on any atom is -0.441 e. The van der Waals surface area contributed by atoms with E-state index in [4.69, 9.17) is 27.6 Å². The van der Waals surface area contributed by atoms with Gasteiger partial charge >= 0.3 is 0 Å². The van der Waals surface area contributed by atoms with Crippen molar-refractivity contribution in [3.05, 3.63) is 40.3 Å². The van der Waals surface area contributed by atoms with Crippen molar-refractivity contribution in [2.24, 2.45) is 0 Å². The highest BCUT2D eigenvalue weighted by atomic mass is 35.5. The molecule has 0 saturated heterocycles. The number of nitrogens with zero attached hydrogens (tertiary/aromatic N) is 1. The lowest BCUT2D eigenvalue weighted by molar-refractivity contribution is 0.501. The van der Waals surface area contributed by atoms with Crippen LogP contribution in [0, 0.1) is 0 Å². The second-order valence-electron chi connectivity index (χ2n) is 3.63.